The van der Waals surface area contributed by atoms with Gasteiger partial charge in [0.1, 0.15) is 0 Å². The Hall–Kier alpha value is -1.10. The number of carboxylic acid groups (broad SMARTS) is 1. The number of hydrogen-bond acceptors (Lipinski definition) is 3. The molecule has 15 heavy (non-hydrogen) atoms. The third-order valence-corrected chi connectivity index (χ3v) is 2.76. The van der Waals surface area contributed by atoms with Gasteiger partial charge in [0.2, 0.25) is 5.91 Å². The van der Waals surface area contributed by atoms with E-state index in [0.29, 0.717) is 6.54 Å². The quantitative estimate of drug-likeness (QED) is 0.697. The van der Waals surface area contributed by atoms with Crippen LogP contribution in [0.2, 0.25) is 0 Å². The van der Waals surface area contributed by atoms with Gasteiger partial charge in [0, 0.05) is 12.6 Å². The van der Waals surface area contributed by atoms with Crippen molar-refractivity contribution in [3.63, 3.8) is 0 Å². The largest absolute Gasteiger partial charge is 0.481 e. The first-order valence-electron chi connectivity index (χ1n) is 5.30. The van der Waals surface area contributed by atoms with Crippen LogP contribution in [0.1, 0.15) is 26.7 Å². The van der Waals surface area contributed by atoms with Crippen LogP contribution in [0.15, 0.2) is 0 Å². The highest BCUT2D eigenvalue weighted by Gasteiger charge is 2.30. The summed E-state index contributed by atoms with van der Waals surface area (Å²) in [4.78, 5) is 24.3. The van der Waals surface area contributed by atoms with E-state index < -0.39 is 12.0 Å². The lowest BCUT2D eigenvalue weighted by Crippen LogP contribution is -2.46. The van der Waals surface area contributed by atoms with Crippen LogP contribution >= 0.6 is 0 Å². The maximum Gasteiger partial charge on any atom is 0.305 e. The summed E-state index contributed by atoms with van der Waals surface area (Å²) in [5.74, 6) is -1.09. The fourth-order valence-electron chi connectivity index (χ4n) is 1.86. The van der Waals surface area contributed by atoms with Crippen molar-refractivity contribution in [1.82, 2.24) is 10.2 Å². The fraction of sp³-hybridized carbons (Fsp3) is 0.800. The molecule has 1 aliphatic heterocycles. The summed E-state index contributed by atoms with van der Waals surface area (Å²) in [7, 11) is 0. The molecule has 0 aromatic heterocycles. The molecule has 0 aromatic carbocycles. The second kappa shape index (κ2) is 5.11. The van der Waals surface area contributed by atoms with E-state index in [2.05, 4.69) is 5.32 Å². The summed E-state index contributed by atoms with van der Waals surface area (Å²) in [6.07, 6.45) is 0.752. The van der Waals surface area contributed by atoms with E-state index in [1.807, 2.05) is 18.7 Å². The molecule has 1 saturated heterocycles. The molecule has 0 radical (unpaired) electrons. The number of nitrogens with one attached hydrogen (secondary N) is 1. The highest BCUT2D eigenvalue weighted by Crippen LogP contribution is 2.11. The Labute approximate surface area is 89.4 Å². The lowest BCUT2D eigenvalue weighted by Gasteiger charge is -2.25. The predicted octanol–water partition coefficient (Wildman–Crippen LogP) is 0.0600. The zero-order chi connectivity index (χ0) is 11.4. The molecule has 1 heterocycles. The van der Waals surface area contributed by atoms with E-state index in [-0.39, 0.29) is 18.4 Å². The minimum Gasteiger partial charge on any atom is -0.481 e. The monoisotopic (exact) mass is 214 g/mol. The average Bonchev–Trinajstić information content (AvgIpc) is 2.27. The first kappa shape index (κ1) is 12.0. The van der Waals surface area contributed by atoms with Gasteiger partial charge in [-0.2, -0.15) is 0 Å². The van der Waals surface area contributed by atoms with Crippen molar-refractivity contribution in [2.24, 2.45) is 0 Å². The molecule has 1 rings (SSSR count). The lowest BCUT2D eigenvalue weighted by atomic mass is 10.1. The summed E-state index contributed by atoms with van der Waals surface area (Å²) in [5, 5.41) is 11.6. The molecule has 2 N–H and O–H groups in total. The molecule has 0 aliphatic carbocycles. The van der Waals surface area contributed by atoms with Crippen molar-refractivity contribution in [3.05, 3.63) is 0 Å². The van der Waals surface area contributed by atoms with E-state index in [9.17, 15) is 9.59 Å². The third kappa shape index (κ3) is 3.20. The Morgan fingerprint density at radius 3 is 2.87 bits per heavy atom. The minimum absolute atomic E-state index is 0.119. The number of rotatable bonds is 3. The number of hydrogen-bond donors (Lipinski definition) is 2. The van der Waals surface area contributed by atoms with E-state index in [4.69, 9.17) is 5.11 Å². The standard InChI is InChI=1S/C10H18N2O3/c1-3-12-5-4-7(2)11-10(15)8(12)6-9(13)14/h7-8H,3-6H2,1-2H3,(H,11,15)(H,13,14). The number of nitrogens with zero attached hydrogens (tertiary/aromatic N) is 1. The van der Waals surface area contributed by atoms with Gasteiger partial charge in [-0.25, -0.2) is 0 Å². The second-order valence-corrected chi connectivity index (χ2v) is 3.94. The van der Waals surface area contributed by atoms with Crippen LogP contribution in [-0.2, 0) is 9.59 Å². The van der Waals surface area contributed by atoms with Crippen molar-refractivity contribution < 1.29 is 14.7 Å². The zero-order valence-corrected chi connectivity index (χ0v) is 9.19. The molecule has 2 unspecified atom stereocenters. The maximum absolute atomic E-state index is 11.7. The Balaban J connectivity index is 2.75. The molecular formula is C10H18N2O3. The molecule has 2 atom stereocenters. The molecule has 0 aromatic rings. The van der Waals surface area contributed by atoms with E-state index in [1.165, 1.54) is 0 Å². The Morgan fingerprint density at radius 1 is 1.67 bits per heavy atom. The lowest BCUT2D eigenvalue weighted by molar-refractivity contribution is -0.141. The van der Waals surface area contributed by atoms with Crippen molar-refractivity contribution in [2.75, 3.05) is 13.1 Å². The third-order valence-electron chi connectivity index (χ3n) is 2.76. The minimum atomic E-state index is -0.928. The smallest absolute Gasteiger partial charge is 0.305 e. The molecule has 1 amide bonds. The topological polar surface area (TPSA) is 69.6 Å². The van der Waals surface area contributed by atoms with Gasteiger partial charge in [-0.05, 0) is 19.9 Å². The second-order valence-electron chi connectivity index (χ2n) is 3.94. The first-order chi connectivity index (χ1) is 7.04. The number of amides is 1. The Bertz CT molecular complexity index is 255. The molecule has 1 fully saturated rings. The van der Waals surface area contributed by atoms with Crippen LogP contribution in [0, 0.1) is 0 Å². The van der Waals surface area contributed by atoms with Gasteiger partial charge in [-0.1, -0.05) is 6.92 Å². The molecular weight excluding hydrogens is 196 g/mol. The molecule has 0 spiro atoms. The number of carboxylic acids is 1. The normalized spacial score (nSPS) is 28.3. The van der Waals surface area contributed by atoms with Crippen molar-refractivity contribution >= 4 is 11.9 Å². The highest BCUT2D eigenvalue weighted by molar-refractivity contribution is 5.86. The van der Waals surface area contributed by atoms with Gasteiger partial charge in [0.05, 0.1) is 12.5 Å². The van der Waals surface area contributed by atoms with Gasteiger partial charge >= 0.3 is 5.97 Å². The summed E-state index contributed by atoms with van der Waals surface area (Å²) >= 11 is 0. The van der Waals surface area contributed by atoms with Crippen molar-refractivity contribution in [2.45, 2.75) is 38.8 Å². The number of carbonyl (C=O) groups is 2. The van der Waals surface area contributed by atoms with Gasteiger partial charge in [0.25, 0.3) is 0 Å². The summed E-state index contributed by atoms with van der Waals surface area (Å²) in [5.41, 5.74) is 0. The number of likely N-dealkylation sites (N-methyl/N-ethyl adjacent to an activating group) is 1. The highest BCUT2D eigenvalue weighted by atomic mass is 16.4. The molecule has 86 valence electrons. The van der Waals surface area contributed by atoms with Crippen molar-refractivity contribution in [3.8, 4) is 0 Å². The zero-order valence-electron chi connectivity index (χ0n) is 9.19. The van der Waals surface area contributed by atoms with E-state index in [1.54, 1.807) is 0 Å². The van der Waals surface area contributed by atoms with Crippen LogP contribution < -0.4 is 5.32 Å². The summed E-state index contributed by atoms with van der Waals surface area (Å²) in [6, 6.07) is -0.386. The van der Waals surface area contributed by atoms with Gasteiger partial charge in [-0.15, -0.1) is 0 Å². The first-order valence-corrected chi connectivity index (χ1v) is 5.30. The van der Waals surface area contributed by atoms with Crippen LogP contribution in [-0.4, -0.2) is 47.1 Å². The number of carbonyl (C=O) groups excluding carboxylic acids is 1. The molecule has 1 aliphatic rings. The van der Waals surface area contributed by atoms with Crippen LogP contribution in [0.5, 0.6) is 0 Å². The Morgan fingerprint density at radius 2 is 2.33 bits per heavy atom. The number of aliphatic carboxylic acids is 1. The maximum atomic E-state index is 11.7. The molecule has 0 bridgehead atoms. The summed E-state index contributed by atoms with van der Waals surface area (Å²) in [6.45, 7) is 5.36. The predicted molar refractivity (Wildman–Crippen MR) is 55.5 cm³/mol. The van der Waals surface area contributed by atoms with E-state index >= 15 is 0 Å². The SMILES string of the molecule is CCN1CCC(C)NC(=O)C1CC(=O)O. The fourth-order valence-corrected chi connectivity index (χ4v) is 1.86. The molecule has 5 nitrogen and oxygen atoms in total. The molecule has 0 saturated carbocycles. The van der Waals surface area contributed by atoms with Gasteiger partial charge < -0.3 is 10.4 Å². The van der Waals surface area contributed by atoms with Crippen LogP contribution in [0.3, 0.4) is 0 Å². The Kier molecular flexibility index (Phi) is 4.08. The van der Waals surface area contributed by atoms with Crippen LogP contribution in [0.4, 0.5) is 0 Å². The van der Waals surface area contributed by atoms with Crippen LogP contribution in [0.25, 0.3) is 0 Å². The average molecular weight is 214 g/mol. The van der Waals surface area contributed by atoms with Gasteiger partial charge in [-0.3, -0.25) is 14.5 Å². The van der Waals surface area contributed by atoms with E-state index in [0.717, 1.165) is 13.0 Å². The van der Waals surface area contributed by atoms with Gasteiger partial charge in [0.15, 0.2) is 0 Å². The molecule has 5 heteroatoms. The summed E-state index contributed by atoms with van der Waals surface area (Å²) < 4.78 is 0. The van der Waals surface area contributed by atoms with Crippen molar-refractivity contribution in [1.29, 1.82) is 0 Å².